The molecule has 0 spiro atoms. The summed E-state index contributed by atoms with van der Waals surface area (Å²) in [5, 5.41) is 51.3. The molecule has 25 nitrogen and oxygen atoms in total. The molecule has 1 aliphatic rings. The van der Waals surface area contributed by atoms with Crippen LogP contribution in [0.15, 0.2) is 0 Å². The van der Waals surface area contributed by atoms with Gasteiger partial charge in [0.05, 0.1) is 65.3 Å². The summed E-state index contributed by atoms with van der Waals surface area (Å²) >= 11 is 0. The molecule has 0 aromatic carbocycles. The van der Waals surface area contributed by atoms with E-state index in [-0.39, 0.29) is 98.2 Å². The number of hydrogen-bond acceptors (Lipinski definition) is 19. The average molecular weight is 1230 g/mol. The Hall–Kier alpha value is -5.05. The van der Waals surface area contributed by atoms with Gasteiger partial charge in [-0.3, -0.25) is 62.9 Å². The summed E-state index contributed by atoms with van der Waals surface area (Å²) in [7, 11) is 0. The molecule has 1 rings (SSSR count). The first-order valence-corrected chi connectivity index (χ1v) is 32.1. The molecule has 498 valence electrons. The third-order valence-corrected chi connectivity index (χ3v) is 14.8. The van der Waals surface area contributed by atoms with Crippen molar-refractivity contribution in [2.24, 2.45) is 0 Å². The average Bonchev–Trinajstić information content (AvgIpc) is 3.27. The van der Waals surface area contributed by atoms with E-state index >= 15 is 0 Å². The molecule has 0 radical (unpaired) electrons. The predicted molar refractivity (Wildman–Crippen MR) is 322 cm³/mol. The zero-order valence-corrected chi connectivity index (χ0v) is 52.3. The number of esters is 3. The number of nitrogens with zero attached hydrogens (tertiary/aromatic N) is 5. The van der Waals surface area contributed by atoms with E-state index in [0.717, 1.165) is 43.4 Å². The Kier molecular flexibility index (Phi) is 48.7. The number of carboxylic acid groups (broad SMARTS) is 5. The van der Waals surface area contributed by atoms with Crippen molar-refractivity contribution in [3.63, 3.8) is 0 Å². The van der Waals surface area contributed by atoms with Crippen LogP contribution in [0.4, 0.5) is 0 Å². The van der Waals surface area contributed by atoms with Crippen LogP contribution in [0.25, 0.3) is 0 Å². The second-order valence-corrected chi connectivity index (χ2v) is 22.6. The lowest BCUT2D eigenvalue weighted by atomic mass is 10.0. The Morgan fingerprint density at radius 3 is 1.27 bits per heavy atom. The summed E-state index contributed by atoms with van der Waals surface area (Å²) in [6, 6.07) is 0. The molecule has 2 unspecified atom stereocenters. The summed E-state index contributed by atoms with van der Waals surface area (Å²) in [4.78, 5) is 118. The van der Waals surface area contributed by atoms with Crippen molar-refractivity contribution in [1.82, 2.24) is 29.8 Å². The summed E-state index contributed by atoms with van der Waals surface area (Å²) in [5.74, 6) is -8.68. The van der Waals surface area contributed by atoms with E-state index in [1.54, 1.807) is 0 Å². The van der Waals surface area contributed by atoms with Crippen molar-refractivity contribution in [3.8, 4) is 0 Å². The highest BCUT2D eigenvalue weighted by Crippen LogP contribution is 2.17. The van der Waals surface area contributed by atoms with E-state index in [1.165, 1.54) is 135 Å². The maximum atomic E-state index is 13.5. The molecule has 0 aliphatic carbocycles. The van der Waals surface area contributed by atoms with Gasteiger partial charge in [-0.1, -0.05) is 168 Å². The molecule has 1 saturated heterocycles. The molecule has 1 aliphatic heterocycles. The Labute approximate surface area is 511 Å². The SMILES string of the molecule is CCCCCCCCCCCCCCCC(=O)OCC(COC(=O)COCCOCCNC(=O)CN1CCN(CC(=O)O)CCN(CC(=O)O)CCN(CC(=O)O)CC1N(CC(=O)O)CC(=O)O)OC(=O)CCCCCCCCCCCCCCC. The lowest BCUT2D eigenvalue weighted by Gasteiger charge is -2.42. The Bertz CT molecular complexity index is 1850. The first-order valence-electron chi connectivity index (χ1n) is 32.1. The molecule has 2 atom stereocenters. The third kappa shape index (κ3) is 47.1. The van der Waals surface area contributed by atoms with Crippen LogP contribution in [0.2, 0.25) is 0 Å². The van der Waals surface area contributed by atoms with Gasteiger partial charge in [0.25, 0.3) is 0 Å². The van der Waals surface area contributed by atoms with Gasteiger partial charge in [0, 0.05) is 65.2 Å². The molecule has 0 bridgehead atoms. The molecule has 1 amide bonds. The van der Waals surface area contributed by atoms with Gasteiger partial charge < -0.3 is 54.5 Å². The van der Waals surface area contributed by atoms with Gasteiger partial charge in [-0.05, 0) is 12.8 Å². The summed E-state index contributed by atoms with van der Waals surface area (Å²) in [6.07, 6.45) is 28.7. The molecule has 1 heterocycles. The standard InChI is InChI=1S/C61H110N6O19/c1-3-5-7-9-11-13-15-17-19-21-23-25-27-29-59(79)84-48-51(86-60(80)30-28-26-24-22-20-18-16-14-12-10-8-6-4-2)49-85-61(81)50-83-40-39-82-38-31-62-52(68)41-66-37-36-64(44-55(71)72)33-32-63(43-54(69)70)34-35-65(45-56(73)74)42-53(66)67(46-57(75)76)47-58(77)78/h51,53H,3-50H2,1-2H3,(H,62,68)(H,69,70)(H,71,72)(H,73,74)(H,75,76)(H,77,78). The number of hydrogen-bond donors (Lipinski definition) is 6. The van der Waals surface area contributed by atoms with Crippen LogP contribution in [0, 0.1) is 0 Å². The lowest BCUT2D eigenvalue weighted by molar-refractivity contribution is -0.168. The van der Waals surface area contributed by atoms with Gasteiger partial charge in [-0.15, -0.1) is 0 Å². The van der Waals surface area contributed by atoms with Crippen LogP contribution in [-0.4, -0.2) is 247 Å². The van der Waals surface area contributed by atoms with Gasteiger partial charge in [0.1, 0.15) is 19.8 Å². The monoisotopic (exact) mass is 1230 g/mol. The fraction of sp³-hybridized carbons (Fsp3) is 0.852. The topological polar surface area (TPSA) is 329 Å². The normalized spacial score (nSPS) is 15.3. The van der Waals surface area contributed by atoms with Crippen molar-refractivity contribution in [3.05, 3.63) is 0 Å². The molecule has 25 heteroatoms. The predicted octanol–water partition coefficient (Wildman–Crippen LogP) is 6.37. The maximum Gasteiger partial charge on any atom is 0.332 e. The fourth-order valence-corrected chi connectivity index (χ4v) is 10.1. The highest BCUT2D eigenvalue weighted by molar-refractivity contribution is 5.78. The minimum absolute atomic E-state index is 0.00591. The van der Waals surface area contributed by atoms with Crippen LogP contribution < -0.4 is 5.32 Å². The van der Waals surface area contributed by atoms with Crippen molar-refractivity contribution in [2.75, 3.05) is 131 Å². The van der Waals surface area contributed by atoms with Gasteiger partial charge >= 0.3 is 47.8 Å². The smallest absolute Gasteiger partial charge is 0.332 e. The van der Waals surface area contributed by atoms with Gasteiger partial charge in [0.15, 0.2) is 6.10 Å². The minimum Gasteiger partial charge on any atom is -0.480 e. The van der Waals surface area contributed by atoms with E-state index in [1.807, 2.05) is 0 Å². The third-order valence-electron chi connectivity index (χ3n) is 14.8. The van der Waals surface area contributed by atoms with E-state index in [2.05, 4.69) is 19.2 Å². The first kappa shape index (κ1) is 79.0. The molecule has 0 aromatic heterocycles. The summed E-state index contributed by atoms with van der Waals surface area (Å²) in [6.45, 7) is -0.659. The summed E-state index contributed by atoms with van der Waals surface area (Å²) in [5.41, 5.74) is 0. The van der Waals surface area contributed by atoms with Crippen molar-refractivity contribution in [2.45, 2.75) is 206 Å². The van der Waals surface area contributed by atoms with E-state index in [0.29, 0.717) is 12.8 Å². The van der Waals surface area contributed by atoms with Crippen molar-refractivity contribution < 1.29 is 92.4 Å². The zero-order chi connectivity index (χ0) is 63.4. The van der Waals surface area contributed by atoms with E-state index < -0.39 is 112 Å². The molecular formula is C61H110N6O19. The molecular weight excluding hydrogens is 1120 g/mol. The van der Waals surface area contributed by atoms with Crippen LogP contribution in [0.5, 0.6) is 0 Å². The van der Waals surface area contributed by atoms with E-state index in [9.17, 15) is 68.7 Å². The largest absolute Gasteiger partial charge is 0.480 e. The highest BCUT2D eigenvalue weighted by Gasteiger charge is 2.33. The van der Waals surface area contributed by atoms with Gasteiger partial charge in [-0.25, -0.2) is 4.79 Å². The first-order chi connectivity index (χ1) is 41.4. The van der Waals surface area contributed by atoms with Crippen LogP contribution >= 0.6 is 0 Å². The number of carbonyl (C=O) groups excluding carboxylic acids is 4. The number of carbonyl (C=O) groups is 9. The van der Waals surface area contributed by atoms with Crippen LogP contribution in [0.3, 0.4) is 0 Å². The molecule has 0 saturated carbocycles. The Morgan fingerprint density at radius 1 is 0.442 bits per heavy atom. The summed E-state index contributed by atoms with van der Waals surface area (Å²) < 4.78 is 27.5. The van der Waals surface area contributed by atoms with Crippen LogP contribution in [0.1, 0.15) is 194 Å². The number of nitrogens with one attached hydrogen (secondary N) is 1. The van der Waals surface area contributed by atoms with Gasteiger partial charge in [0.2, 0.25) is 5.91 Å². The quantitative estimate of drug-likeness (QED) is 0.0219. The molecule has 86 heavy (non-hydrogen) atoms. The zero-order valence-electron chi connectivity index (χ0n) is 52.3. The molecule has 0 aromatic rings. The number of carboxylic acids is 5. The Balaban J connectivity index is 2.78. The maximum absolute atomic E-state index is 13.5. The number of aliphatic carboxylic acids is 5. The van der Waals surface area contributed by atoms with Crippen molar-refractivity contribution >= 4 is 53.7 Å². The number of ether oxygens (including phenoxy) is 5. The van der Waals surface area contributed by atoms with Gasteiger partial charge in [-0.2, -0.15) is 0 Å². The number of rotatable bonds is 54. The second kappa shape index (κ2) is 53.0. The highest BCUT2D eigenvalue weighted by atomic mass is 16.6. The Morgan fingerprint density at radius 2 is 0.826 bits per heavy atom. The number of amides is 1. The molecule has 1 fully saturated rings. The second-order valence-electron chi connectivity index (χ2n) is 22.6. The number of unbranched alkanes of at least 4 members (excludes halogenated alkanes) is 24. The lowest BCUT2D eigenvalue weighted by Crippen LogP contribution is -2.60. The fourth-order valence-electron chi connectivity index (χ4n) is 10.1. The van der Waals surface area contributed by atoms with E-state index in [4.69, 9.17) is 23.7 Å². The minimum atomic E-state index is -1.41. The van der Waals surface area contributed by atoms with Crippen LogP contribution in [-0.2, 0) is 66.8 Å². The molecule has 6 N–H and O–H groups in total. The van der Waals surface area contributed by atoms with Crippen molar-refractivity contribution in [1.29, 1.82) is 0 Å².